The quantitative estimate of drug-likeness (QED) is 0.372. The minimum atomic E-state index is -4.30. The SMILES string of the molecule is Cc1c(-c2ccccn2)cccc1S(=O)(=O)NC(CC(=O)Nc1csc(Cl)c1)C(=O)N1CCC(=C(F)F)CC1. The highest BCUT2D eigenvalue weighted by Crippen LogP contribution is 2.28. The molecule has 206 valence electrons. The number of piperidine rings is 1. The van der Waals surface area contributed by atoms with Crippen LogP contribution in [0, 0.1) is 6.92 Å². The highest BCUT2D eigenvalue weighted by molar-refractivity contribution is 7.89. The maximum absolute atomic E-state index is 13.6. The van der Waals surface area contributed by atoms with Gasteiger partial charge in [-0.3, -0.25) is 14.6 Å². The standard InChI is InChI=1S/C26H25ClF2N4O4S2/c1-16-19(20-6-2-3-10-30-20)5-4-7-22(16)39(36,37)32-21(14-24(34)31-18-13-23(27)38-15-18)26(35)33-11-8-17(9-12-33)25(28)29/h2-7,10,13,15,21,32H,8-9,11-12,14H2,1H3,(H,31,34). The molecule has 0 spiro atoms. The second kappa shape index (κ2) is 12.3. The van der Waals surface area contributed by atoms with Crippen molar-refractivity contribution in [1.82, 2.24) is 14.6 Å². The van der Waals surface area contributed by atoms with Gasteiger partial charge in [-0.05, 0) is 55.2 Å². The molecule has 1 aliphatic heterocycles. The fourth-order valence-corrected chi connectivity index (χ4v) is 6.58. The maximum Gasteiger partial charge on any atom is 0.269 e. The average Bonchev–Trinajstić information content (AvgIpc) is 3.32. The third kappa shape index (κ3) is 7.07. The minimum Gasteiger partial charge on any atom is -0.341 e. The number of aromatic nitrogens is 1. The third-order valence-electron chi connectivity index (χ3n) is 6.30. The Bertz CT molecular complexity index is 1500. The lowest BCUT2D eigenvalue weighted by molar-refractivity contribution is -0.135. The Hall–Kier alpha value is -3.19. The summed E-state index contributed by atoms with van der Waals surface area (Å²) in [5.41, 5.74) is 1.96. The molecule has 1 unspecified atom stereocenters. The summed E-state index contributed by atoms with van der Waals surface area (Å²) in [6.07, 6.45) is -0.745. The molecule has 1 aliphatic rings. The molecule has 3 aromatic rings. The first-order valence-electron chi connectivity index (χ1n) is 11.9. The van der Waals surface area contributed by atoms with Gasteiger partial charge in [-0.25, -0.2) is 8.42 Å². The molecule has 4 rings (SSSR count). The van der Waals surface area contributed by atoms with Crippen molar-refractivity contribution in [2.24, 2.45) is 0 Å². The molecule has 8 nitrogen and oxygen atoms in total. The molecule has 0 bridgehead atoms. The molecule has 2 amide bonds. The zero-order valence-electron chi connectivity index (χ0n) is 20.8. The Balaban J connectivity index is 1.60. The van der Waals surface area contributed by atoms with E-state index in [-0.39, 0.29) is 36.4 Å². The fourth-order valence-electron chi connectivity index (χ4n) is 4.31. The van der Waals surface area contributed by atoms with E-state index in [4.69, 9.17) is 11.6 Å². The first-order chi connectivity index (χ1) is 18.5. The van der Waals surface area contributed by atoms with Gasteiger partial charge in [-0.15, -0.1) is 11.3 Å². The van der Waals surface area contributed by atoms with E-state index < -0.39 is 40.4 Å². The van der Waals surface area contributed by atoms with Crippen LogP contribution in [0.3, 0.4) is 0 Å². The molecule has 2 aromatic heterocycles. The largest absolute Gasteiger partial charge is 0.341 e. The van der Waals surface area contributed by atoms with Crippen molar-refractivity contribution in [3.63, 3.8) is 0 Å². The number of hydrogen-bond donors (Lipinski definition) is 2. The van der Waals surface area contributed by atoms with Gasteiger partial charge >= 0.3 is 0 Å². The van der Waals surface area contributed by atoms with Gasteiger partial charge in [0.05, 0.1) is 27.0 Å². The molecule has 1 saturated heterocycles. The molecule has 1 atom stereocenters. The van der Waals surface area contributed by atoms with Gasteiger partial charge in [-0.1, -0.05) is 29.8 Å². The summed E-state index contributed by atoms with van der Waals surface area (Å²) >= 11 is 7.11. The molecule has 13 heteroatoms. The van der Waals surface area contributed by atoms with Gasteiger partial charge in [0.1, 0.15) is 6.04 Å². The van der Waals surface area contributed by atoms with Gasteiger partial charge in [-0.2, -0.15) is 13.5 Å². The number of benzene rings is 1. The molecule has 0 radical (unpaired) electrons. The predicted octanol–water partition coefficient (Wildman–Crippen LogP) is 5.22. The van der Waals surface area contributed by atoms with Crippen molar-refractivity contribution in [1.29, 1.82) is 0 Å². The van der Waals surface area contributed by atoms with Crippen LogP contribution in [-0.2, 0) is 19.6 Å². The van der Waals surface area contributed by atoms with Crippen molar-refractivity contribution < 1.29 is 26.8 Å². The van der Waals surface area contributed by atoms with Crippen LogP contribution in [0.5, 0.6) is 0 Å². The minimum absolute atomic E-state index is 0.0142. The van der Waals surface area contributed by atoms with E-state index in [0.717, 1.165) is 0 Å². The van der Waals surface area contributed by atoms with Crippen LogP contribution < -0.4 is 10.0 Å². The van der Waals surface area contributed by atoms with Crippen molar-refractivity contribution in [3.05, 3.63) is 75.6 Å². The van der Waals surface area contributed by atoms with E-state index >= 15 is 0 Å². The summed E-state index contributed by atoms with van der Waals surface area (Å²) in [5.74, 6) is -1.29. The van der Waals surface area contributed by atoms with Crippen LogP contribution >= 0.6 is 22.9 Å². The third-order valence-corrected chi connectivity index (χ3v) is 9.00. The number of thiophene rings is 1. The maximum atomic E-state index is 13.6. The molecule has 1 aromatic carbocycles. The zero-order chi connectivity index (χ0) is 28.2. The number of likely N-dealkylation sites (tertiary alicyclic amines) is 1. The summed E-state index contributed by atoms with van der Waals surface area (Å²) in [6.45, 7) is 1.60. The van der Waals surface area contributed by atoms with E-state index in [1.54, 1.807) is 48.8 Å². The second-order valence-electron chi connectivity index (χ2n) is 8.90. The molecule has 0 saturated carbocycles. The number of nitrogens with one attached hydrogen (secondary N) is 2. The molecule has 2 N–H and O–H groups in total. The number of amides is 2. The fraction of sp³-hybridized carbons (Fsp3) is 0.269. The lowest BCUT2D eigenvalue weighted by Gasteiger charge is -2.31. The lowest BCUT2D eigenvalue weighted by Crippen LogP contribution is -2.51. The Morgan fingerprint density at radius 2 is 1.90 bits per heavy atom. The topological polar surface area (TPSA) is 108 Å². The van der Waals surface area contributed by atoms with Crippen molar-refractivity contribution >= 4 is 50.5 Å². The van der Waals surface area contributed by atoms with Crippen LogP contribution in [0.4, 0.5) is 14.5 Å². The Morgan fingerprint density at radius 3 is 2.51 bits per heavy atom. The molecule has 39 heavy (non-hydrogen) atoms. The summed E-state index contributed by atoms with van der Waals surface area (Å²) in [7, 11) is -4.30. The average molecular weight is 595 g/mol. The van der Waals surface area contributed by atoms with Crippen LogP contribution in [0.15, 0.2) is 70.6 Å². The van der Waals surface area contributed by atoms with Crippen LogP contribution in [-0.4, -0.2) is 49.2 Å². The van der Waals surface area contributed by atoms with Crippen molar-refractivity contribution in [2.45, 2.75) is 37.1 Å². The zero-order valence-corrected chi connectivity index (χ0v) is 23.2. The normalized spacial score (nSPS) is 14.7. The van der Waals surface area contributed by atoms with E-state index in [0.29, 0.717) is 26.8 Å². The van der Waals surface area contributed by atoms with E-state index in [2.05, 4.69) is 15.0 Å². The number of anilines is 1. The Labute approximate surface area is 233 Å². The summed E-state index contributed by atoms with van der Waals surface area (Å²) in [5, 5.41) is 4.22. The lowest BCUT2D eigenvalue weighted by atomic mass is 10.0. The van der Waals surface area contributed by atoms with Crippen molar-refractivity contribution in [2.75, 3.05) is 18.4 Å². The summed E-state index contributed by atoms with van der Waals surface area (Å²) < 4.78 is 56.0. The number of sulfonamides is 1. The molecule has 0 aliphatic carbocycles. The molecule has 1 fully saturated rings. The number of rotatable bonds is 8. The molecular weight excluding hydrogens is 570 g/mol. The second-order valence-corrected chi connectivity index (χ2v) is 12.1. The van der Waals surface area contributed by atoms with E-state index in [1.165, 1.54) is 28.4 Å². The van der Waals surface area contributed by atoms with Gasteiger partial charge in [0.25, 0.3) is 6.08 Å². The van der Waals surface area contributed by atoms with Crippen LogP contribution in [0.2, 0.25) is 4.34 Å². The van der Waals surface area contributed by atoms with Crippen molar-refractivity contribution in [3.8, 4) is 11.3 Å². The number of carbonyl (C=O) groups excluding carboxylic acids is 2. The van der Waals surface area contributed by atoms with Gasteiger partial charge in [0.2, 0.25) is 21.8 Å². The summed E-state index contributed by atoms with van der Waals surface area (Å²) in [4.78, 5) is 31.8. The van der Waals surface area contributed by atoms with E-state index in [9.17, 15) is 26.8 Å². The first-order valence-corrected chi connectivity index (χ1v) is 14.7. The van der Waals surface area contributed by atoms with Crippen LogP contribution in [0.1, 0.15) is 24.8 Å². The first kappa shape index (κ1) is 28.8. The predicted molar refractivity (Wildman–Crippen MR) is 146 cm³/mol. The van der Waals surface area contributed by atoms with Gasteiger partial charge in [0.15, 0.2) is 0 Å². The van der Waals surface area contributed by atoms with Crippen LogP contribution in [0.25, 0.3) is 11.3 Å². The monoisotopic (exact) mass is 594 g/mol. The molecular formula is C26H25ClF2N4O4S2. The number of carbonyl (C=O) groups is 2. The number of halogens is 3. The van der Waals surface area contributed by atoms with Gasteiger partial charge in [0, 0.05) is 30.2 Å². The molecule has 3 heterocycles. The smallest absolute Gasteiger partial charge is 0.269 e. The number of nitrogens with zero attached hydrogens (tertiary/aromatic N) is 2. The highest BCUT2D eigenvalue weighted by Gasteiger charge is 2.33. The summed E-state index contributed by atoms with van der Waals surface area (Å²) in [6, 6.07) is 10.0. The number of pyridine rings is 1. The number of hydrogen-bond acceptors (Lipinski definition) is 6. The van der Waals surface area contributed by atoms with E-state index in [1.807, 2.05) is 0 Å². The van der Waals surface area contributed by atoms with Gasteiger partial charge < -0.3 is 10.2 Å². The highest BCUT2D eigenvalue weighted by atomic mass is 35.5. The Morgan fingerprint density at radius 1 is 1.15 bits per heavy atom. The Kier molecular flexibility index (Phi) is 9.11.